The van der Waals surface area contributed by atoms with Crippen LogP contribution in [-0.4, -0.2) is 30.1 Å². The molecule has 1 aromatic rings. The van der Waals surface area contributed by atoms with Gasteiger partial charge in [0.25, 0.3) is 5.92 Å². The van der Waals surface area contributed by atoms with Crippen molar-refractivity contribution in [2.45, 2.75) is 18.4 Å². The number of nitrogens with zero attached hydrogens (tertiary/aromatic N) is 1. The maximum absolute atomic E-state index is 12.8. The van der Waals surface area contributed by atoms with Crippen molar-refractivity contribution < 1.29 is 13.5 Å². The maximum atomic E-state index is 12.8. The molecule has 1 aliphatic heterocycles. The third-order valence-electron chi connectivity index (χ3n) is 2.34. The Hall–Kier alpha value is -0.940. The summed E-state index contributed by atoms with van der Waals surface area (Å²) in [6.07, 6.45) is 1.33. The minimum absolute atomic E-state index is 0.145. The van der Waals surface area contributed by atoms with Crippen molar-refractivity contribution in [1.82, 2.24) is 10.3 Å². The zero-order valence-electron chi connectivity index (χ0n) is 8.42. The highest BCUT2D eigenvalue weighted by molar-refractivity contribution is 6.31. The first-order valence-corrected chi connectivity index (χ1v) is 5.29. The second-order valence-electron chi connectivity index (χ2n) is 3.74. The normalized spacial score (nSPS) is 23.3. The van der Waals surface area contributed by atoms with Crippen molar-refractivity contribution in [3.05, 3.63) is 23.4 Å². The molecular formula is C10H11ClF2N2O. The van der Waals surface area contributed by atoms with Crippen molar-refractivity contribution in [1.29, 1.82) is 0 Å². The zero-order chi connectivity index (χ0) is 11.6. The highest BCUT2D eigenvalue weighted by atomic mass is 35.5. The molecule has 1 N–H and O–H groups in total. The highest BCUT2D eigenvalue weighted by Gasteiger charge is 2.39. The molecular weight excluding hydrogens is 238 g/mol. The van der Waals surface area contributed by atoms with E-state index in [1.165, 1.54) is 6.20 Å². The number of aromatic nitrogens is 1. The Morgan fingerprint density at radius 1 is 1.62 bits per heavy atom. The van der Waals surface area contributed by atoms with Crippen LogP contribution >= 0.6 is 11.6 Å². The van der Waals surface area contributed by atoms with E-state index in [-0.39, 0.29) is 31.5 Å². The highest BCUT2D eigenvalue weighted by Crippen LogP contribution is 2.26. The fraction of sp³-hybridized carbons (Fsp3) is 0.500. The molecule has 0 amide bonds. The second-order valence-corrected chi connectivity index (χ2v) is 4.15. The van der Waals surface area contributed by atoms with E-state index < -0.39 is 5.92 Å². The molecule has 3 nitrogen and oxygen atoms in total. The van der Waals surface area contributed by atoms with Gasteiger partial charge in [-0.25, -0.2) is 13.8 Å². The SMILES string of the molecule is FC1(F)CN[C@@H](COc2ncccc2Cl)C1. The number of pyridine rings is 1. The summed E-state index contributed by atoms with van der Waals surface area (Å²) in [5, 5.41) is 3.07. The second kappa shape index (κ2) is 4.51. The molecule has 0 unspecified atom stereocenters. The van der Waals surface area contributed by atoms with Gasteiger partial charge in [0.2, 0.25) is 5.88 Å². The summed E-state index contributed by atoms with van der Waals surface area (Å²) in [4.78, 5) is 3.91. The van der Waals surface area contributed by atoms with Gasteiger partial charge in [0.15, 0.2) is 0 Å². The average Bonchev–Trinajstić information content (AvgIpc) is 2.57. The molecule has 0 aromatic carbocycles. The molecule has 88 valence electrons. The average molecular weight is 249 g/mol. The first kappa shape index (κ1) is 11.5. The number of alkyl halides is 2. The molecule has 16 heavy (non-hydrogen) atoms. The molecule has 2 rings (SSSR count). The molecule has 0 saturated carbocycles. The van der Waals surface area contributed by atoms with Crippen LogP contribution in [0.2, 0.25) is 5.02 Å². The molecule has 0 bridgehead atoms. The summed E-state index contributed by atoms with van der Waals surface area (Å²) in [7, 11) is 0. The van der Waals surface area contributed by atoms with Crippen molar-refractivity contribution in [2.75, 3.05) is 13.2 Å². The van der Waals surface area contributed by atoms with E-state index in [2.05, 4.69) is 10.3 Å². The lowest BCUT2D eigenvalue weighted by molar-refractivity contribution is 0.0195. The van der Waals surface area contributed by atoms with Crippen LogP contribution in [0.5, 0.6) is 5.88 Å². The monoisotopic (exact) mass is 248 g/mol. The molecule has 1 fully saturated rings. The fourth-order valence-corrected chi connectivity index (χ4v) is 1.75. The Labute approximate surface area is 96.8 Å². The molecule has 0 radical (unpaired) electrons. The van der Waals surface area contributed by atoms with Crippen molar-refractivity contribution in [3.8, 4) is 5.88 Å². The fourth-order valence-electron chi connectivity index (χ4n) is 1.57. The summed E-state index contributed by atoms with van der Waals surface area (Å²) >= 11 is 5.81. The van der Waals surface area contributed by atoms with Gasteiger partial charge in [0.05, 0.1) is 6.54 Å². The zero-order valence-corrected chi connectivity index (χ0v) is 9.18. The van der Waals surface area contributed by atoms with Crippen LogP contribution in [0.15, 0.2) is 18.3 Å². The van der Waals surface area contributed by atoms with Gasteiger partial charge in [-0.05, 0) is 12.1 Å². The molecule has 1 aliphatic rings. The topological polar surface area (TPSA) is 34.1 Å². The third kappa shape index (κ3) is 2.80. The minimum atomic E-state index is -2.64. The Morgan fingerprint density at radius 2 is 2.44 bits per heavy atom. The van der Waals surface area contributed by atoms with E-state index in [4.69, 9.17) is 16.3 Å². The van der Waals surface area contributed by atoms with Gasteiger partial charge in [0, 0.05) is 18.7 Å². The lowest BCUT2D eigenvalue weighted by atomic mass is 10.2. The summed E-state index contributed by atoms with van der Waals surface area (Å²) < 4.78 is 31.0. The Morgan fingerprint density at radius 3 is 3.06 bits per heavy atom. The predicted molar refractivity (Wildman–Crippen MR) is 56.1 cm³/mol. The van der Waals surface area contributed by atoms with E-state index in [9.17, 15) is 8.78 Å². The van der Waals surface area contributed by atoms with Crippen molar-refractivity contribution in [2.24, 2.45) is 0 Å². The Kier molecular flexibility index (Phi) is 3.25. The quantitative estimate of drug-likeness (QED) is 0.890. The van der Waals surface area contributed by atoms with Gasteiger partial charge in [-0.2, -0.15) is 0 Å². The maximum Gasteiger partial charge on any atom is 0.261 e. The van der Waals surface area contributed by atoms with Gasteiger partial charge in [0.1, 0.15) is 11.6 Å². The van der Waals surface area contributed by atoms with Gasteiger partial charge in [-0.1, -0.05) is 11.6 Å². The van der Waals surface area contributed by atoms with Crippen LogP contribution in [0, 0.1) is 0 Å². The number of nitrogens with one attached hydrogen (secondary N) is 1. The van der Waals surface area contributed by atoms with Crippen LogP contribution in [-0.2, 0) is 0 Å². The van der Waals surface area contributed by atoms with Gasteiger partial charge in [-0.3, -0.25) is 0 Å². The smallest absolute Gasteiger partial charge is 0.261 e. The number of halogens is 3. The number of hydrogen-bond donors (Lipinski definition) is 1. The van der Waals surface area contributed by atoms with E-state index in [1.807, 2.05) is 0 Å². The first-order chi connectivity index (χ1) is 7.57. The number of ether oxygens (including phenoxy) is 1. The molecule has 2 heterocycles. The molecule has 1 saturated heterocycles. The van der Waals surface area contributed by atoms with Gasteiger partial charge >= 0.3 is 0 Å². The molecule has 1 atom stereocenters. The molecule has 0 aliphatic carbocycles. The summed E-state index contributed by atoms with van der Waals surface area (Å²) in [5.74, 6) is -2.36. The summed E-state index contributed by atoms with van der Waals surface area (Å²) in [6.45, 7) is -0.150. The molecule has 1 aromatic heterocycles. The minimum Gasteiger partial charge on any atom is -0.475 e. The van der Waals surface area contributed by atoms with Crippen LogP contribution < -0.4 is 10.1 Å². The Balaban J connectivity index is 1.87. The molecule has 0 spiro atoms. The molecule has 6 heteroatoms. The number of hydrogen-bond acceptors (Lipinski definition) is 3. The first-order valence-electron chi connectivity index (χ1n) is 4.91. The third-order valence-corrected chi connectivity index (χ3v) is 2.63. The Bertz CT molecular complexity index is 376. The van der Waals surface area contributed by atoms with Crippen LogP contribution in [0.25, 0.3) is 0 Å². The van der Waals surface area contributed by atoms with Crippen LogP contribution in [0.3, 0.4) is 0 Å². The van der Waals surface area contributed by atoms with Gasteiger partial charge < -0.3 is 10.1 Å². The lowest BCUT2D eigenvalue weighted by Crippen LogP contribution is -2.28. The summed E-state index contributed by atoms with van der Waals surface area (Å²) in [6, 6.07) is 2.96. The van der Waals surface area contributed by atoms with E-state index in [0.29, 0.717) is 5.02 Å². The summed E-state index contributed by atoms with van der Waals surface area (Å²) in [5.41, 5.74) is 0. The van der Waals surface area contributed by atoms with E-state index in [0.717, 1.165) is 0 Å². The largest absolute Gasteiger partial charge is 0.475 e. The van der Waals surface area contributed by atoms with Gasteiger partial charge in [-0.15, -0.1) is 0 Å². The lowest BCUT2D eigenvalue weighted by Gasteiger charge is -2.11. The number of rotatable bonds is 3. The van der Waals surface area contributed by atoms with Crippen molar-refractivity contribution >= 4 is 11.6 Å². The van der Waals surface area contributed by atoms with Crippen LogP contribution in [0.1, 0.15) is 6.42 Å². The standard InChI is InChI=1S/C10H11ClF2N2O/c11-8-2-1-3-14-9(8)16-5-7-4-10(12,13)6-15-7/h1-3,7,15H,4-6H2/t7-/m1/s1. The van der Waals surface area contributed by atoms with Crippen molar-refractivity contribution in [3.63, 3.8) is 0 Å². The van der Waals surface area contributed by atoms with Crippen LogP contribution in [0.4, 0.5) is 8.78 Å². The van der Waals surface area contributed by atoms with E-state index in [1.54, 1.807) is 12.1 Å². The van der Waals surface area contributed by atoms with E-state index >= 15 is 0 Å². The predicted octanol–water partition coefficient (Wildman–Crippen LogP) is 2.11.